The molecule has 2 atom stereocenters. The van der Waals surface area contributed by atoms with Gasteiger partial charge >= 0.3 is 0 Å². The fourth-order valence-electron chi connectivity index (χ4n) is 2.64. The van der Waals surface area contributed by atoms with Gasteiger partial charge in [0.2, 0.25) is 5.91 Å². The van der Waals surface area contributed by atoms with Crippen molar-refractivity contribution in [1.29, 1.82) is 0 Å². The number of rotatable bonds is 4. The van der Waals surface area contributed by atoms with Crippen LogP contribution >= 0.6 is 22.9 Å². The summed E-state index contributed by atoms with van der Waals surface area (Å²) in [5.41, 5.74) is 1.01. The van der Waals surface area contributed by atoms with Crippen molar-refractivity contribution in [2.75, 3.05) is 10.2 Å². The van der Waals surface area contributed by atoms with Gasteiger partial charge in [0.25, 0.3) is 0 Å². The summed E-state index contributed by atoms with van der Waals surface area (Å²) in [5.74, 6) is 1.25. The summed E-state index contributed by atoms with van der Waals surface area (Å²) in [4.78, 5) is 22.6. The summed E-state index contributed by atoms with van der Waals surface area (Å²) in [6.07, 6.45) is 1.71. The highest BCUT2D eigenvalue weighted by Crippen LogP contribution is 2.43. The number of aromatic nitrogens is 2. The smallest absolute Gasteiger partial charge is 0.249 e. The van der Waals surface area contributed by atoms with E-state index in [1.54, 1.807) is 11.1 Å². The summed E-state index contributed by atoms with van der Waals surface area (Å²) >= 11 is 7.64. The Labute approximate surface area is 147 Å². The van der Waals surface area contributed by atoms with Crippen LogP contribution in [-0.4, -0.2) is 21.3 Å². The maximum absolute atomic E-state index is 12.2. The van der Waals surface area contributed by atoms with E-state index in [0.29, 0.717) is 16.8 Å². The number of amides is 1. The number of hydrogen-bond donors (Lipinski definition) is 1. The van der Waals surface area contributed by atoms with Crippen LogP contribution in [0.2, 0.25) is 0 Å². The third-order valence-corrected chi connectivity index (χ3v) is 5.05. The average molecular weight is 357 g/mol. The van der Waals surface area contributed by atoms with Gasteiger partial charge in [-0.1, -0.05) is 36.4 Å². The molecule has 0 saturated carbocycles. The topological polar surface area (TPSA) is 58.1 Å². The number of halogens is 1. The number of hydrogen-bond acceptors (Lipinski definition) is 5. The van der Waals surface area contributed by atoms with E-state index < -0.39 is 5.38 Å². The number of carbonyl (C=O) groups is 1. The molecule has 1 amide bonds. The first-order valence-corrected chi connectivity index (χ1v) is 8.71. The minimum Gasteiger partial charge on any atom is -0.324 e. The lowest BCUT2D eigenvalue weighted by Crippen LogP contribution is -2.56. The van der Waals surface area contributed by atoms with Crippen LogP contribution < -0.4 is 10.2 Å². The summed E-state index contributed by atoms with van der Waals surface area (Å²) in [7, 11) is 0. The number of alkyl halides is 1. The fraction of sp³-hybridized carbons (Fsp3) is 0.118. The third kappa shape index (κ3) is 2.64. The van der Waals surface area contributed by atoms with Crippen LogP contribution in [0.3, 0.4) is 0 Å². The van der Waals surface area contributed by atoms with E-state index in [9.17, 15) is 4.79 Å². The predicted molar refractivity (Wildman–Crippen MR) is 95.9 cm³/mol. The van der Waals surface area contributed by atoms with Gasteiger partial charge in [-0.25, -0.2) is 9.97 Å². The molecule has 2 aromatic heterocycles. The van der Waals surface area contributed by atoms with Crippen molar-refractivity contribution >= 4 is 45.6 Å². The van der Waals surface area contributed by atoms with E-state index in [0.717, 1.165) is 5.56 Å². The summed E-state index contributed by atoms with van der Waals surface area (Å²) < 4.78 is 0. The van der Waals surface area contributed by atoms with Gasteiger partial charge in [0, 0.05) is 11.6 Å². The number of pyridine rings is 1. The zero-order valence-corrected chi connectivity index (χ0v) is 14.0. The molecule has 3 aromatic rings. The van der Waals surface area contributed by atoms with E-state index in [2.05, 4.69) is 15.3 Å². The molecule has 4 rings (SSSR count). The lowest BCUT2D eigenvalue weighted by Gasteiger charge is -2.42. The zero-order valence-electron chi connectivity index (χ0n) is 12.5. The largest absolute Gasteiger partial charge is 0.324 e. The zero-order chi connectivity index (χ0) is 16.5. The number of thiazole rings is 1. The Morgan fingerprint density at radius 2 is 1.88 bits per heavy atom. The van der Waals surface area contributed by atoms with Crippen molar-refractivity contribution in [2.24, 2.45) is 0 Å². The minimum absolute atomic E-state index is 0.121. The standard InChI is InChI=1S/C17H13ClN4OS/c18-14-15(11-6-2-1-3-7-11)22(16(14)23)17-21-13(10-24-17)20-12-8-4-5-9-19-12/h1-10,14-15H,(H,19,20). The van der Waals surface area contributed by atoms with Crippen LogP contribution in [0.25, 0.3) is 0 Å². The van der Waals surface area contributed by atoms with Crippen molar-refractivity contribution in [3.8, 4) is 0 Å². The van der Waals surface area contributed by atoms with E-state index in [4.69, 9.17) is 11.6 Å². The second-order valence-electron chi connectivity index (χ2n) is 5.32. The summed E-state index contributed by atoms with van der Waals surface area (Å²) in [5, 5.41) is 5.06. The fourth-order valence-corrected chi connectivity index (χ4v) is 3.80. The lowest BCUT2D eigenvalue weighted by molar-refractivity contribution is -0.123. The van der Waals surface area contributed by atoms with Crippen molar-refractivity contribution in [3.63, 3.8) is 0 Å². The van der Waals surface area contributed by atoms with Gasteiger partial charge in [-0.3, -0.25) is 9.69 Å². The Bertz CT molecular complexity index is 855. The van der Waals surface area contributed by atoms with E-state index in [1.807, 2.05) is 53.9 Å². The van der Waals surface area contributed by atoms with E-state index in [-0.39, 0.29) is 11.9 Å². The molecule has 24 heavy (non-hydrogen) atoms. The first-order chi connectivity index (χ1) is 11.7. The van der Waals surface area contributed by atoms with Crippen LogP contribution in [0.1, 0.15) is 11.6 Å². The Morgan fingerprint density at radius 3 is 2.62 bits per heavy atom. The van der Waals surface area contributed by atoms with Gasteiger partial charge in [-0.05, 0) is 17.7 Å². The molecule has 1 saturated heterocycles. The van der Waals surface area contributed by atoms with Crippen LogP contribution in [-0.2, 0) is 4.79 Å². The van der Waals surface area contributed by atoms with Gasteiger partial charge in [-0.15, -0.1) is 22.9 Å². The molecule has 0 spiro atoms. The highest BCUT2D eigenvalue weighted by Gasteiger charge is 2.49. The minimum atomic E-state index is -0.552. The number of β-lactam (4-membered cyclic amide) rings is 1. The SMILES string of the molecule is O=C1C(Cl)C(c2ccccc2)N1c1nc(Nc2ccccn2)cs1. The van der Waals surface area contributed by atoms with Crippen LogP contribution in [0.15, 0.2) is 60.1 Å². The molecule has 1 N–H and O–H groups in total. The molecule has 5 nitrogen and oxygen atoms in total. The van der Waals surface area contributed by atoms with Gasteiger partial charge < -0.3 is 5.32 Å². The first-order valence-electron chi connectivity index (χ1n) is 7.40. The van der Waals surface area contributed by atoms with Crippen molar-refractivity contribution in [2.45, 2.75) is 11.4 Å². The average Bonchev–Trinajstić information content (AvgIpc) is 3.07. The molecule has 0 radical (unpaired) electrons. The van der Waals surface area contributed by atoms with Gasteiger partial charge in [0.05, 0.1) is 6.04 Å². The maximum Gasteiger partial charge on any atom is 0.249 e. The normalized spacial score (nSPS) is 19.9. The quantitative estimate of drug-likeness (QED) is 0.567. The van der Waals surface area contributed by atoms with Crippen LogP contribution in [0.4, 0.5) is 16.8 Å². The molecule has 1 aliphatic rings. The molecule has 2 unspecified atom stereocenters. The molecular weight excluding hydrogens is 344 g/mol. The van der Waals surface area contributed by atoms with E-state index in [1.165, 1.54) is 11.3 Å². The van der Waals surface area contributed by atoms with Gasteiger partial charge in [-0.2, -0.15) is 0 Å². The van der Waals surface area contributed by atoms with E-state index >= 15 is 0 Å². The number of anilines is 3. The third-order valence-electron chi connectivity index (χ3n) is 3.79. The number of nitrogens with zero attached hydrogens (tertiary/aromatic N) is 3. The second-order valence-corrected chi connectivity index (χ2v) is 6.63. The Balaban J connectivity index is 1.58. The van der Waals surface area contributed by atoms with Crippen molar-refractivity contribution in [3.05, 3.63) is 65.7 Å². The predicted octanol–water partition coefficient (Wildman–Crippen LogP) is 3.98. The monoisotopic (exact) mass is 356 g/mol. The maximum atomic E-state index is 12.2. The Kier molecular flexibility index (Phi) is 3.92. The Morgan fingerprint density at radius 1 is 1.08 bits per heavy atom. The summed E-state index contributed by atoms with van der Waals surface area (Å²) in [6.45, 7) is 0. The molecule has 7 heteroatoms. The van der Waals surface area contributed by atoms with Crippen molar-refractivity contribution < 1.29 is 4.79 Å². The molecule has 1 fully saturated rings. The Hall–Kier alpha value is -2.44. The number of nitrogens with one attached hydrogen (secondary N) is 1. The van der Waals surface area contributed by atoms with Gasteiger partial charge in [0.15, 0.2) is 5.13 Å². The molecule has 1 aliphatic heterocycles. The molecular formula is C17H13ClN4OS. The molecule has 1 aromatic carbocycles. The molecule has 3 heterocycles. The highest BCUT2D eigenvalue weighted by atomic mass is 35.5. The molecule has 120 valence electrons. The number of carbonyl (C=O) groups excluding carboxylic acids is 1. The van der Waals surface area contributed by atoms with Crippen LogP contribution in [0.5, 0.6) is 0 Å². The van der Waals surface area contributed by atoms with Crippen LogP contribution in [0, 0.1) is 0 Å². The highest BCUT2D eigenvalue weighted by molar-refractivity contribution is 7.14. The summed E-state index contributed by atoms with van der Waals surface area (Å²) in [6, 6.07) is 15.2. The molecule has 0 bridgehead atoms. The molecule has 0 aliphatic carbocycles. The first kappa shape index (κ1) is 15.1. The number of benzene rings is 1. The second kappa shape index (κ2) is 6.22. The van der Waals surface area contributed by atoms with Crippen molar-refractivity contribution in [1.82, 2.24) is 9.97 Å². The van der Waals surface area contributed by atoms with Gasteiger partial charge in [0.1, 0.15) is 17.0 Å². The lowest BCUT2D eigenvalue weighted by atomic mass is 9.94.